The maximum Gasteiger partial charge on any atom is 0.210 e. The number of aryl methyl sites for hydroxylation is 4. The predicted octanol–water partition coefficient (Wildman–Crippen LogP) is 5.28. The summed E-state index contributed by atoms with van der Waals surface area (Å²) < 4.78 is 5.64. The molecule has 4 rings (SSSR count). The Bertz CT molecular complexity index is 1310. The van der Waals surface area contributed by atoms with Crippen molar-refractivity contribution in [1.82, 2.24) is 0 Å². The van der Waals surface area contributed by atoms with E-state index in [1.54, 1.807) is 42.5 Å². The second-order valence-electron chi connectivity index (χ2n) is 8.35. The Labute approximate surface area is 202 Å². The smallest absolute Gasteiger partial charge is 0.210 e. The molecule has 0 bridgehead atoms. The quantitative estimate of drug-likeness (QED) is 0.205. The van der Waals surface area contributed by atoms with E-state index in [0.29, 0.717) is 36.8 Å². The molecule has 0 spiro atoms. The molecule has 0 aliphatic carbocycles. The van der Waals surface area contributed by atoms with Gasteiger partial charge in [0.25, 0.3) is 0 Å². The van der Waals surface area contributed by atoms with Crippen molar-refractivity contribution in [1.29, 1.82) is 0 Å². The number of hydrogen-bond donors (Lipinski definition) is 6. The second-order valence-corrected chi connectivity index (χ2v) is 8.35. The van der Waals surface area contributed by atoms with Crippen LogP contribution in [0.2, 0.25) is 0 Å². The highest BCUT2D eigenvalue weighted by Gasteiger charge is 2.17. The second kappa shape index (κ2) is 10.2. The lowest BCUT2D eigenvalue weighted by Gasteiger charge is -2.14. The third kappa shape index (κ3) is 5.89. The van der Waals surface area contributed by atoms with Crippen LogP contribution in [0.3, 0.4) is 0 Å². The monoisotopic (exact) mass is 474 g/mol. The predicted molar refractivity (Wildman–Crippen MR) is 131 cm³/mol. The summed E-state index contributed by atoms with van der Waals surface area (Å²) in [5.74, 6) is -0.954. The summed E-state index contributed by atoms with van der Waals surface area (Å²) in [6, 6.07) is 19.2. The van der Waals surface area contributed by atoms with Crippen molar-refractivity contribution >= 4 is 0 Å². The zero-order valence-corrected chi connectivity index (χ0v) is 18.8. The number of benzene rings is 4. The summed E-state index contributed by atoms with van der Waals surface area (Å²) in [4.78, 5) is 0. The highest BCUT2D eigenvalue weighted by molar-refractivity contribution is 5.57. The molecule has 35 heavy (non-hydrogen) atoms. The normalized spacial score (nSPS) is 10.9. The number of aromatic hydroxyl groups is 6. The summed E-state index contributed by atoms with van der Waals surface area (Å²) in [7, 11) is 0. The topological polar surface area (TPSA) is 131 Å². The van der Waals surface area contributed by atoms with Gasteiger partial charge in [-0.1, -0.05) is 24.3 Å². The number of ether oxygens (including phenoxy) is 1. The first kappa shape index (κ1) is 23.6. The standard InChI is InChI=1S/C28H26O7/c29-21-10-7-17(8-11-21)4-5-19-13-25(33)28(26(34)14-19)35-27-15-20(23(31)16-24(27)32)9-6-18-2-1-3-22(30)12-18/h1-3,7-8,10-16,29-34H,4-6,9H2. The van der Waals surface area contributed by atoms with Gasteiger partial charge in [-0.05, 0) is 90.4 Å². The Morgan fingerprint density at radius 1 is 0.486 bits per heavy atom. The molecule has 0 amide bonds. The van der Waals surface area contributed by atoms with Gasteiger partial charge in [0, 0.05) is 6.07 Å². The van der Waals surface area contributed by atoms with Crippen LogP contribution in [0.5, 0.6) is 46.0 Å². The van der Waals surface area contributed by atoms with Crippen molar-refractivity contribution in [3.63, 3.8) is 0 Å². The molecule has 6 N–H and O–H groups in total. The zero-order chi connectivity index (χ0) is 24.9. The molecular weight excluding hydrogens is 448 g/mol. The molecule has 0 unspecified atom stereocenters. The van der Waals surface area contributed by atoms with E-state index >= 15 is 0 Å². The van der Waals surface area contributed by atoms with E-state index in [1.807, 2.05) is 6.07 Å². The van der Waals surface area contributed by atoms with Gasteiger partial charge < -0.3 is 35.4 Å². The summed E-state index contributed by atoms with van der Waals surface area (Å²) in [6.45, 7) is 0. The van der Waals surface area contributed by atoms with Crippen LogP contribution < -0.4 is 4.74 Å². The molecule has 0 aromatic heterocycles. The first-order chi connectivity index (χ1) is 16.8. The Morgan fingerprint density at radius 3 is 1.83 bits per heavy atom. The summed E-state index contributed by atoms with van der Waals surface area (Å²) in [5.41, 5.74) is 3.04. The van der Waals surface area contributed by atoms with Crippen molar-refractivity contribution in [3.05, 3.63) is 95.1 Å². The number of phenolic OH excluding ortho intramolecular Hbond substituents is 6. The zero-order valence-electron chi connectivity index (χ0n) is 18.8. The van der Waals surface area contributed by atoms with Gasteiger partial charge in [-0.15, -0.1) is 0 Å². The van der Waals surface area contributed by atoms with Gasteiger partial charge in [0.2, 0.25) is 5.75 Å². The van der Waals surface area contributed by atoms with Gasteiger partial charge >= 0.3 is 0 Å². The Kier molecular flexibility index (Phi) is 6.87. The highest BCUT2D eigenvalue weighted by atomic mass is 16.5. The molecule has 7 nitrogen and oxygen atoms in total. The lowest BCUT2D eigenvalue weighted by Crippen LogP contribution is -1.95. The van der Waals surface area contributed by atoms with E-state index in [9.17, 15) is 30.6 Å². The molecule has 0 fully saturated rings. The average Bonchev–Trinajstić information content (AvgIpc) is 2.81. The fourth-order valence-electron chi connectivity index (χ4n) is 3.84. The molecule has 0 atom stereocenters. The maximum absolute atomic E-state index is 10.5. The third-order valence-electron chi connectivity index (χ3n) is 5.71. The SMILES string of the molecule is Oc1ccc(CCc2cc(O)c(Oc3cc(CCc4cccc(O)c4)c(O)cc3O)c(O)c2)cc1. The van der Waals surface area contributed by atoms with Crippen LogP contribution in [0.15, 0.2) is 72.8 Å². The van der Waals surface area contributed by atoms with Crippen molar-refractivity contribution < 1.29 is 35.4 Å². The van der Waals surface area contributed by atoms with Crippen LogP contribution in [0, 0.1) is 0 Å². The molecule has 0 saturated heterocycles. The van der Waals surface area contributed by atoms with Crippen LogP contribution >= 0.6 is 0 Å². The van der Waals surface area contributed by atoms with E-state index in [-0.39, 0.29) is 46.0 Å². The Morgan fingerprint density at radius 2 is 1.14 bits per heavy atom. The van der Waals surface area contributed by atoms with Gasteiger partial charge in [-0.2, -0.15) is 0 Å². The summed E-state index contributed by atoms with van der Waals surface area (Å²) >= 11 is 0. The minimum Gasteiger partial charge on any atom is -0.508 e. The fourth-order valence-corrected chi connectivity index (χ4v) is 3.84. The molecule has 4 aromatic rings. The molecule has 7 heteroatoms. The largest absolute Gasteiger partial charge is 0.508 e. The highest BCUT2D eigenvalue weighted by Crippen LogP contribution is 2.44. The molecule has 0 aliphatic heterocycles. The first-order valence-electron chi connectivity index (χ1n) is 11.1. The minimum atomic E-state index is -0.348. The maximum atomic E-state index is 10.5. The molecular formula is C28H26O7. The summed E-state index contributed by atoms with van der Waals surface area (Å²) in [6.07, 6.45) is 2.11. The van der Waals surface area contributed by atoms with Crippen LogP contribution in [-0.4, -0.2) is 30.6 Å². The Balaban J connectivity index is 1.49. The van der Waals surface area contributed by atoms with Gasteiger partial charge in [0.1, 0.15) is 17.2 Å². The van der Waals surface area contributed by atoms with E-state index < -0.39 is 0 Å². The van der Waals surface area contributed by atoms with Crippen LogP contribution in [-0.2, 0) is 25.7 Å². The van der Waals surface area contributed by atoms with Gasteiger partial charge in [0.05, 0.1) is 0 Å². The van der Waals surface area contributed by atoms with Crippen LogP contribution in [0.4, 0.5) is 0 Å². The van der Waals surface area contributed by atoms with E-state index in [4.69, 9.17) is 4.74 Å². The molecule has 4 aromatic carbocycles. The van der Waals surface area contributed by atoms with Crippen molar-refractivity contribution in [2.45, 2.75) is 25.7 Å². The molecule has 0 heterocycles. The third-order valence-corrected chi connectivity index (χ3v) is 5.71. The fraction of sp³-hybridized carbons (Fsp3) is 0.143. The number of rotatable bonds is 8. The van der Waals surface area contributed by atoms with Crippen molar-refractivity contribution in [2.75, 3.05) is 0 Å². The van der Waals surface area contributed by atoms with Gasteiger partial charge in [-0.3, -0.25) is 0 Å². The van der Waals surface area contributed by atoms with Crippen LogP contribution in [0.1, 0.15) is 22.3 Å². The molecule has 0 radical (unpaired) electrons. The molecule has 180 valence electrons. The van der Waals surface area contributed by atoms with E-state index in [0.717, 1.165) is 17.2 Å². The molecule has 0 aliphatic rings. The summed E-state index contributed by atoms with van der Waals surface area (Å²) in [5, 5.41) is 60.5. The molecule has 0 saturated carbocycles. The van der Waals surface area contributed by atoms with Crippen molar-refractivity contribution in [2.24, 2.45) is 0 Å². The lowest BCUT2D eigenvalue weighted by molar-refractivity contribution is 0.357. The van der Waals surface area contributed by atoms with Gasteiger partial charge in [0.15, 0.2) is 23.0 Å². The van der Waals surface area contributed by atoms with E-state index in [1.165, 1.54) is 18.2 Å². The van der Waals surface area contributed by atoms with Gasteiger partial charge in [-0.25, -0.2) is 0 Å². The van der Waals surface area contributed by atoms with Crippen molar-refractivity contribution in [3.8, 4) is 46.0 Å². The van der Waals surface area contributed by atoms with Crippen LogP contribution in [0.25, 0.3) is 0 Å². The Hall–Kier alpha value is -4.52. The number of hydrogen-bond acceptors (Lipinski definition) is 7. The number of phenols is 6. The average molecular weight is 475 g/mol. The lowest BCUT2D eigenvalue weighted by atomic mass is 10.0. The van der Waals surface area contributed by atoms with E-state index in [2.05, 4.69) is 0 Å². The first-order valence-corrected chi connectivity index (χ1v) is 11.1. The minimum absolute atomic E-state index is 0.0313.